The number of para-hydroxylation sites is 1. The molecule has 0 radical (unpaired) electrons. The minimum atomic E-state index is -0.177. The Morgan fingerprint density at radius 1 is 1.38 bits per heavy atom. The van der Waals surface area contributed by atoms with E-state index in [0.29, 0.717) is 12.5 Å². The van der Waals surface area contributed by atoms with Crippen LogP contribution in [-0.4, -0.2) is 31.4 Å². The normalized spacial score (nSPS) is 9.81. The number of carbonyl (C=O) groups is 1. The fourth-order valence-corrected chi connectivity index (χ4v) is 1.61. The van der Waals surface area contributed by atoms with Crippen LogP contribution in [0.25, 0.3) is 0 Å². The molecule has 0 atom stereocenters. The van der Waals surface area contributed by atoms with Crippen molar-refractivity contribution in [2.75, 3.05) is 30.7 Å². The van der Waals surface area contributed by atoms with Crippen LogP contribution in [0.4, 0.5) is 10.5 Å². The summed E-state index contributed by atoms with van der Waals surface area (Å²) in [5.41, 5.74) is 0.796. The monoisotopic (exact) mass is 240 g/mol. The van der Waals surface area contributed by atoms with Gasteiger partial charge in [0.15, 0.2) is 0 Å². The van der Waals surface area contributed by atoms with Crippen molar-refractivity contribution in [2.45, 2.75) is 0 Å². The summed E-state index contributed by atoms with van der Waals surface area (Å²) in [5, 5.41) is 5.51. The standard InChI is InChI=1S/C11H16N2O2S/c1-15-9-16-8-7-12-11(14)13-10-5-3-2-4-6-10/h2-6H,7-9H2,1H3,(H2,12,13,14). The highest BCUT2D eigenvalue weighted by Crippen LogP contribution is 2.04. The Hall–Kier alpha value is -1.20. The van der Waals surface area contributed by atoms with Crippen molar-refractivity contribution in [1.82, 2.24) is 5.32 Å². The minimum absolute atomic E-state index is 0.177. The van der Waals surface area contributed by atoms with Crippen molar-refractivity contribution in [3.8, 4) is 0 Å². The third-order valence-electron chi connectivity index (χ3n) is 1.76. The number of thioether (sulfide) groups is 1. The van der Waals surface area contributed by atoms with Gasteiger partial charge in [0.1, 0.15) is 0 Å². The van der Waals surface area contributed by atoms with Gasteiger partial charge in [0, 0.05) is 25.1 Å². The first-order valence-electron chi connectivity index (χ1n) is 4.99. The van der Waals surface area contributed by atoms with Gasteiger partial charge in [-0.05, 0) is 12.1 Å². The second-order valence-corrected chi connectivity index (χ2v) is 4.11. The second-order valence-electron chi connectivity index (χ2n) is 3.06. The average molecular weight is 240 g/mol. The predicted octanol–water partition coefficient (Wildman–Crippen LogP) is 2.15. The second kappa shape index (κ2) is 8.01. The Kier molecular flexibility index (Phi) is 6.44. The maximum absolute atomic E-state index is 11.4. The summed E-state index contributed by atoms with van der Waals surface area (Å²) in [6.45, 7) is 0.632. The van der Waals surface area contributed by atoms with Crippen molar-refractivity contribution in [1.29, 1.82) is 0 Å². The Morgan fingerprint density at radius 2 is 2.12 bits per heavy atom. The fraction of sp³-hybridized carbons (Fsp3) is 0.364. The third-order valence-corrected chi connectivity index (χ3v) is 2.66. The van der Waals surface area contributed by atoms with Crippen LogP contribution in [-0.2, 0) is 4.74 Å². The zero-order valence-electron chi connectivity index (χ0n) is 9.23. The summed E-state index contributed by atoms with van der Waals surface area (Å²) in [7, 11) is 1.66. The van der Waals surface area contributed by atoms with Gasteiger partial charge in [0.2, 0.25) is 0 Å². The third kappa shape index (κ3) is 5.63. The topological polar surface area (TPSA) is 50.4 Å². The smallest absolute Gasteiger partial charge is 0.319 e. The molecule has 0 aliphatic carbocycles. The largest absolute Gasteiger partial charge is 0.374 e. The first kappa shape index (κ1) is 12.9. The molecule has 5 heteroatoms. The zero-order chi connectivity index (χ0) is 11.6. The van der Waals surface area contributed by atoms with Gasteiger partial charge in [-0.15, -0.1) is 11.8 Å². The molecule has 1 aromatic rings. The van der Waals surface area contributed by atoms with Crippen LogP contribution in [0.2, 0.25) is 0 Å². The number of anilines is 1. The van der Waals surface area contributed by atoms with Gasteiger partial charge in [0.05, 0.1) is 5.94 Å². The Balaban J connectivity index is 2.12. The van der Waals surface area contributed by atoms with E-state index in [1.165, 1.54) is 0 Å². The molecule has 0 aliphatic rings. The molecule has 16 heavy (non-hydrogen) atoms. The van der Waals surface area contributed by atoms with Crippen LogP contribution in [0.3, 0.4) is 0 Å². The molecule has 4 nitrogen and oxygen atoms in total. The van der Waals surface area contributed by atoms with E-state index in [0.717, 1.165) is 11.4 Å². The maximum atomic E-state index is 11.4. The SMILES string of the molecule is COCSCCNC(=O)Nc1ccccc1. The number of hydrogen-bond donors (Lipinski definition) is 2. The number of amides is 2. The maximum Gasteiger partial charge on any atom is 0.319 e. The van der Waals surface area contributed by atoms with E-state index in [4.69, 9.17) is 4.74 Å². The number of urea groups is 1. The molecule has 0 unspecified atom stereocenters. The molecule has 1 aromatic carbocycles. The number of ether oxygens (including phenoxy) is 1. The molecular weight excluding hydrogens is 224 g/mol. The van der Waals surface area contributed by atoms with Gasteiger partial charge in [-0.1, -0.05) is 18.2 Å². The number of benzene rings is 1. The lowest BCUT2D eigenvalue weighted by Gasteiger charge is -2.06. The summed E-state index contributed by atoms with van der Waals surface area (Å²) in [6, 6.07) is 9.18. The lowest BCUT2D eigenvalue weighted by molar-refractivity contribution is 0.252. The Labute approximate surface area is 99.8 Å². The highest BCUT2D eigenvalue weighted by Gasteiger charge is 1.99. The lowest BCUT2D eigenvalue weighted by Crippen LogP contribution is -2.30. The molecule has 0 bridgehead atoms. The molecule has 0 aliphatic heterocycles. The first-order valence-corrected chi connectivity index (χ1v) is 6.15. The summed E-state index contributed by atoms with van der Waals surface area (Å²) in [5.74, 6) is 1.50. The highest BCUT2D eigenvalue weighted by molar-refractivity contribution is 7.99. The summed E-state index contributed by atoms with van der Waals surface area (Å²) < 4.78 is 4.88. The van der Waals surface area contributed by atoms with E-state index in [-0.39, 0.29) is 6.03 Å². The molecular formula is C11H16N2O2S. The van der Waals surface area contributed by atoms with Gasteiger partial charge >= 0.3 is 6.03 Å². The molecule has 0 fully saturated rings. The van der Waals surface area contributed by atoms with Crippen molar-refractivity contribution in [3.05, 3.63) is 30.3 Å². The van der Waals surface area contributed by atoms with Crippen LogP contribution in [0.5, 0.6) is 0 Å². The van der Waals surface area contributed by atoms with Crippen LogP contribution in [0.15, 0.2) is 30.3 Å². The molecule has 0 saturated carbocycles. The number of rotatable bonds is 6. The zero-order valence-corrected chi connectivity index (χ0v) is 10.0. The van der Waals surface area contributed by atoms with Crippen molar-refractivity contribution in [3.63, 3.8) is 0 Å². The summed E-state index contributed by atoms with van der Waals surface area (Å²) in [6.07, 6.45) is 0. The predicted molar refractivity (Wildman–Crippen MR) is 67.8 cm³/mol. The Morgan fingerprint density at radius 3 is 2.81 bits per heavy atom. The summed E-state index contributed by atoms with van der Waals surface area (Å²) >= 11 is 1.64. The molecule has 0 saturated heterocycles. The van der Waals surface area contributed by atoms with E-state index >= 15 is 0 Å². The van der Waals surface area contributed by atoms with Gasteiger partial charge in [-0.2, -0.15) is 0 Å². The quantitative estimate of drug-likeness (QED) is 0.591. The van der Waals surface area contributed by atoms with Crippen molar-refractivity contribution >= 4 is 23.5 Å². The number of nitrogens with one attached hydrogen (secondary N) is 2. The van der Waals surface area contributed by atoms with E-state index < -0.39 is 0 Å². The molecule has 88 valence electrons. The molecule has 2 amide bonds. The number of carbonyl (C=O) groups excluding carboxylic acids is 1. The average Bonchev–Trinajstić information content (AvgIpc) is 2.30. The number of hydrogen-bond acceptors (Lipinski definition) is 3. The van der Waals surface area contributed by atoms with Gasteiger partial charge < -0.3 is 15.4 Å². The minimum Gasteiger partial charge on any atom is -0.374 e. The number of methoxy groups -OCH3 is 1. The molecule has 0 aromatic heterocycles. The van der Waals surface area contributed by atoms with E-state index in [2.05, 4.69) is 10.6 Å². The van der Waals surface area contributed by atoms with E-state index in [1.54, 1.807) is 18.9 Å². The fourth-order valence-electron chi connectivity index (χ4n) is 1.08. The molecule has 2 N–H and O–H groups in total. The van der Waals surface area contributed by atoms with Gasteiger partial charge in [0.25, 0.3) is 0 Å². The lowest BCUT2D eigenvalue weighted by atomic mass is 10.3. The van der Waals surface area contributed by atoms with Gasteiger partial charge in [-0.3, -0.25) is 0 Å². The van der Waals surface area contributed by atoms with E-state index in [1.807, 2.05) is 30.3 Å². The molecule has 0 spiro atoms. The Bertz CT molecular complexity index is 306. The van der Waals surface area contributed by atoms with Crippen LogP contribution in [0.1, 0.15) is 0 Å². The first-order chi connectivity index (χ1) is 7.83. The molecule has 1 rings (SSSR count). The van der Waals surface area contributed by atoms with Crippen molar-refractivity contribution < 1.29 is 9.53 Å². The van der Waals surface area contributed by atoms with Crippen LogP contribution >= 0.6 is 11.8 Å². The summed E-state index contributed by atoms with van der Waals surface area (Å²) in [4.78, 5) is 11.4. The molecule has 0 heterocycles. The van der Waals surface area contributed by atoms with Crippen LogP contribution in [0, 0.1) is 0 Å². The van der Waals surface area contributed by atoms with Crippen LogP contribution < -0.4 is 10.6 Å². The van der Waals surface area contributed by atoms with Gasteiger partial charge in [-0.25, -0.2) is 4.79 Å². The highest BCUT2D eigenvalue weighted by atomic mass is 32.2. The van der Waals surface area contributed by atoms with E-state index in [9.17, 15) is 4.79 Å². The van der Waals surface area contributed by atoms with Crippen molar-refractivity contribution in [2.24, 2.45) is 0 Å².